The Balaban J connectivity index is 1.99. The molecule has 0 amide bonds. The second kappa shape index (κ2) is 10.00. The van der Waals surface area contributed by atoms with Gasteiger partial charge < -0.3 is 15.4 Å². The van der Waals surface area contributed by atoms with Crippen molar-refractivity contribution < 1.29 is 4.74 Å². The maximum atomic E-state index is 6.31. The summed E-state index contributed by atoms with van der Waals surface area (Å²) < 4.78 is 5.52. The van der Waals surface area contributed by atoms with E-state index in [0.717, 1.165) is 49.4 Å². The number of aliphatic imine (C=N–C) groups is 1. The first-order valence-electron chi connectivity index (χ1n) is 9.15. The lowest BCUT2D eigenvalue weighted by atomic mass is 10.1. The highest BCUT2D eigenvalue weighted by Gasteiger charge is 2.23. The Morgan fingerprint density at radius 2 is 2.16 bits per heavy atom. The maximum absolute atomic E-state index is 6.31. The quantitative estimate of drug-likeness (QED) is 0.600. The second-order valence-electron chi connectivity index (χ2n) is 6.62. The summed E-state index contributed by atoms with van der Waals surface area (Å²) in [5, 5.41) is 7.55. The number of nitrogens with one attached hydrogen (secondary N) is 2. The van der Waals surface area contributed by atoms with E-state index >= 15 is 0 Å². The average molecular weight is 367 g/mol. The minimum atomic E-state index is 0.0871. The normalized spacial score (nSPS) is 21.6. The third-order valence-electron chi connectivity index (χ3n) is 4.57. The van der Waals surface area contributed by atoms with Crippen LogP contribution in [0.3, 0.4) is 0 Å². The number of hydrogen-bond acceptors (Lipinski definition) is 3. The van der Waals surface area contributed by atoms with Gasteiger partial charge in [0.25, 0.3) is 0 Å². The summed E-state index contributed by atoms with van der Waals surface area (Å²) in [6.07, 6.45) is 0. The largest absolute Gasteiger partial charge is 0.379 e. The first-order valence-corrected chi connectivity index (χ1v) is 9.53. The zero-order valence-corrected chi connectivity index (χ0v) is 16.5. The Morgan fingerprint density at radius 3 is 2.84 bits per heavy atom. The third kappa shape index (κ3) is 5.87. The van der Waals surface area contributed by atoms with Crippen LogP contribution >= 0.6 is 11.6 Å². The predicted molar refractivity (Wildman–Crippen MR) is 105 cm³/mol. The van der Waals surface area contributed by atoms with Crippen molar-refractivity contribution in [3.05, 3.63) is 34.9 Å². The van der Waals surface area contributed by atoms with Crippen molar-refractivity contribution in [1.29, 1.82) is 0 Å². The first kappa shape index (κ1) is 20.0. The molecule has 1 heterocycles. The number of nitrogens with zero attached hydrogens (tertiary/aromatic N) is 2. The molecule has 2 N–H and O–H groups in total. The highest BCUT2D eigenvalue weighted by Crippen LogP contribution is 2.22. The van der Waals surface area contributed by atoms with Crippen molar-refractivity contribution in [2.24, 2.45) is 4.99 Å². The topological polar surface area (TPSA) is 48.9 Å². The Hall–Kier alpha value is -1.30. The molecule has 0 aromatic heterocycles. The van der Waals surface area contributed by atoms with E-state index in [0.29, 0.717) is 12.1 Å². The van der Waals surface area contributed by atoms with Crippen LogP contribution in [0, 0.1) is 0 Å². The fourth-order valence-corrected chi connectivity index (χ4v) is 3.45. The molecule has 1 fully saturated rings. The molecule has 1 aliphatic rings. The van der Waals surface area contributed by atoms with Gasteiger partial charge in [-0.2, -0.15) is 0 Å². The van der Waals surface area contributed by atoms with Gasteiger partial charge in [0, 0.05) is 30.2 Å². The first-order chi connectivity index (χ1) is 12.0. The Labute approximate surface area is 156 Å². The molecule has 3 atom stereocenters. The highest BCUT2D eigenvalue weighted by molar-refractivity contribution is 6.31. The van der Waals surface area contributed by atoms with Crippen LogP contribution in [-0.2, 0) is 4.74 Å². The van der Waals surface area contributed by atoms with Crippen molar-refractivity contribution >= 4 is 17.6 Å². The highest BCUT2D eigenvalue weighted by atomic mass is 35.5. The summed E-state index contributed by atoms with van der Waals surface area (Å²) in [5.74, 6) is 0.822. The molecule has 0 saturated carbocycles. The summed E-state index contributed by atoms with van der Waals surface area (Å²) in [7, 11) is 0. The van der Waals surface area contributed by atoms with E-state index in [-0.39, 0.29) is 6.04 Å². The van der Waals surface area contributed by atoms with Crippen LogP contribution < -0.4 is 10.6 Å². The van der Waals surface area contributed by atoms with E-state index in [1.807, 2.05) is 24.3 Å². The molecule has 1 aliphatic heterocycles. The number of rotatable bonds is 6. The predicted octanol–water partition coefficient (Wildman–Crippen LogP) is 3.07. The number of halogens is 1. The van der Waals surface area contributed by atoms with Gasteiger partial charge in [0.05, 0.1) is 25.8 Å². The molecule has 5 nitrogen and oxygen atoms in total. The van der Waals surface area contributed by atoms with E-state index in [1.54, 1.807) is 0 Å². The number of ether oxygens (including phenoxy) is 1. The molecule has 140 valence electrons. The lowest BCUT2D eigenvalue weighted by Crippen LogP contribution is -2.49. The van der Waals surface area contributed by atoms with Gasteiger partial charge >= 0.3 is 0 Å². The van der Waals surface area contributed by atoms with Gasteiger partial charge in [-0.3, -0.25) is 9.89 Å². The summed E-state index contributed by atoms with van der Waals surface area (Å²) >= 11 is 6.31. The van der Waals surface area contributed by atoms with Gasteiger partial charge in [-0.1, -0.05) is 29.8 Å². The maximum Gasteiger partial charge on any atom is 0.191 e. The molecule has 0 spiro atoms. The smallest absolute Gasteiger partial charge is 0.191 e. The van der Waals surface area contributed by atoms with Gasteiger partial charge in [0.1, 0.15) is 0 Å². The van der Waals surface area contributed by atoms with Gasteiger partial charge in [0.15, 0.2) is 5.96 Å². The summed E-state index contributed by atoms with van der Waals surface area (Å²) in [5.41, 5.74) is 1.07. The molecule has 0 radical (unpaired) electrons. The van der Waals surface area contributed by atoms with Crippen molar-refractivity contribution in [2.45, 2.75) is 45.8 Å². The van der Waals surface area contributed by atoms with Gasteiger partial charge in [-0.15, -0.1) is 0 Å². The van der Waals surface area contributed by atoms with Crippen LogP contribution in [0.25, 0.3) is 0 Å². The Bertz CT molecular complexity index is 566. The van der Waals surface area contributed by atoms with Crippen LogP contribution in [0.15, 0.2) is 29.3 Å². The summed E-state index contributed by atoms with van der Waals surface area (Å²) in [6.45, 7) is 12.8. The molecule has 1 saturated heterocycles. The van der Waals surface area contributed by atoms with Crippen LogP contribution in [0.5, 0.6) is 0 Å². The fraction of sp³-hybridized carbons (Fsp3) is 0.632. The van der Waals surface area contributed by atoms with Gasteiger partial charge in [-0.05, 0) is 39.3 Å². The van der Waals surface area contributed by atoms with E-state index in [9.17, 15) is 0 Å². The molecule has 1 aromatic rings. The molecule has 3 unspecified atom stereocenters. The van der Waals surface area contributed by atoms with Crippen LogP contribution in [0.2, 0.25) is 5.02 Å². The minimum Gasteiger partial charge on any atom is -0.379 e. The molecule has 6 heteroatoms. The molecule has 0 bridgehead atoms. The molecule has 25 heavy (non-hydrogen) atoms. The second-order valence-corrected chi connectivity index (χ2v) is 7.03. The number of benzene rings is 1. The summed E-state index contributed by atoms with van der Waals surface area (Å²) in [4.78, 5) is 7.25. The van der Waals surface area contributed by atoms with Crippen molar-refractivity contribution in [1.82, 2.24) is 15.5 Å². The minimum absolute atomic E-state index is 0.0871. The van der Waals surface area contributed by atoms with Crippen molar-refractivity contribution in [3.8, 4) is 0 Å². The van der Waals surface area contributed by atoms with Crippen LogP contribution in [0.4, 0.5) is 0 Å². The van der Waals surface area contributed by atoms with E-state index in [4.69, 9.17) is 21.3 Å². The van der Waals surface area contributed by atoms with Gasteiger partial charge in [-0.25, -0.2) is 0 Å². The molecular weight excluding hydrogens is 336 g/mol. The zero-order chi connectivity index (χ0) is 18.2. The van der Waals surface area contributed by atoms with Gasteiger partial charge in [0.2, 0.25) is 0 Å². The van der Waals surface area contributed by atoms with Crippen molar-refractivity contribution in [2.75, 3.05) is 32.8 Å². The third-order valence-corrected chi connectivity index (χ3v) is 4.91. The van der Waals surface area contributed by atoms with E-state index in [1.165, 1.54) is 0 Å². The van der Waals surface area contributed by atoms with Crippen LogP contribution in [-0.4, -0.2) is 55.8 Å². The average Bonchev–Trinajstić information content (AvgIpc) is 2.60. The molecule has 2 rings (SSSR count). The fourth-order valence-electron chi connectivity index (χ4n) is 3.15. The van der Waals surface area contributed by atoms with E-state index in [2.05, 4.69) is 43.2 Å². The monoisotopic (exact) mass is 366 g/mol. The lowest BCUT2D eigenvalue weighted by Gasteiger charge is -2.37. The number of guanidine groups is 1. The van der Waals surface area contributed by atoms with E-state index < -0.39 is 0 Å². The van der Waals surface area contributed by atoms with Crippen LogP contribution in [0.1, 0.15) is 39.3 Å². The Morgan fingerprint density at radius 1 is 1.40 bits per heavy atom. The number of hydrogen-bond donors (Lipinski definition) is 2. The number of morpholine rings is 1. The molecular formula is C19H31ClN4O. The molecule has 1 aromatic carbocycles. The summed E-state index contributed by atoms with van der Waals surface area (Å²) in [6, 6.07) is 8.82. The standard InChI is InChI=1S/C19H31ClN4O/c1-5-21-19(23-16(4)17-8-6-7-9-18(17)20)22-12-14(2)24-10-11-25-13-15(24)3/h6-9,14-16H,5,10-13H2,1-4H3,(H2,21,22,23). The lowest BCUT2D eigenvalue weighted by molar-refractivity contribution is -0.0165. The van der Waals surface area contributed by atoms with Crippen molar-refractivity contribution in [3.63, 3.8) is 0 Å². The zero-order valence-electron chi connectivity index (χ0n) is 15.8. The molecule has 0 aliphatic carbocycles. The SMILES string of the molecule is CCNC(=NCC(C)N1CCOCC1C)NC(C)c1ccccc1Cl. The Kier molecular flexibility index (Phi) is 8.00.